The molecule has 186 valence electrons. The fraction of sp³-hybridized carbons (Fsp3) is 0.207. The fourth-order valence-electron chi connectivity index (χ4n) is 4.12. The molecule has 0 aliphatic rings. The molecule has 0 atom stereocenters. The number of nitrogens with two attached hydrogens (primary N) is 1. The van der Waals surface area contributed by atoms with Crippen LogP contribution in [-0.4, -0.2) is 28.9 Å². The van der Waals surface area contributed by atoms with Crippen LogP contribution in [0, 0.1) is 0 Å². The number of fused-ring (bicyclic) bond motifs is 1. The van der Waals surface area contributed by atoms with E-state index in [0.717, 1.165) is 60.1 Å². The Hall–Kier alpha value is -4.07. The topological polar surface area (TPSA) is 102 Å². The summed E-state index contributed by atoms with van der Waals surface area (Å²) in [7, 11) is 0. The number of carbonyl (C=O) groups excluding carboxylic acids is 1. The summed E-state index contributed by atoms with van der Waals surface area (Å²) in [4.78, 5) is 11.1. The van der Waals surface area contributed by atoms with Crippen LogP contribution in [0.3, 0.4) is 0 Å². The van der Waals surface area contributed by atoms with Gasteiger partial charge in [0.25, 0.3) is 5.91 Å². The number of ether oxygens (including phenoxy) is 1. The van der Waals surface area contributed by atoms with Crippen LogP contribution in [-0.2, 0) is 24.2 Å². The number of nitrogens with zero attached hydrogens (tertiary/aromatic N) is 1. The first kappa shape index (κ1) is 25.0. The van der Waals surface area contributed by atoms with E-state index in [1.165, 1.54) is 17.2 Å². The Morgan fingerprint density at radius 3 is 2.58 bits per heavy atom. The van der Waals surface area contributed by atoms with Gasteiger partial charge in [-0.05, 0) is 72.3 Å². The Labute approximate surface area is 211 Å². The summed E-state index contributed by atoms with van der Waals surface area (Å²) in [5.74, 6) is 6.49. The third kappa shape index (κ3) is 6.97. The average molecular weight is 485 g/mol. The maximum atomic E-state index is 11.1. The van der Waals surface area contributed by atoms with Crippen molar-refractivity contribution in [3.63, 3.8) is 0 Å². The summed E-state index contributed by atoms with van der Waals surface area (Å²) < 4.78 is 7.70. The summed E-state index contributed by atoms with van der Waals surface area (Å²) in [5, 5.41) is 13.1. The van der Waals surface area contributed by atoms with Gasteiger partial charge >= 0.3 is 0 Å². The SMILES string of the molecule is Nn1cc(CCNCc2ccc(/C=C/C(=O)NO)cc2)c2cc(OCCCc3ccccc3)ccc21. The van der Waals surface area contributed by atoms with Crippen molar-refractivity contribution in [3.8, 4) is 5.75 Å². The van der Waals surface area contributed by atoms with Crippen LogP contribution in [0.1, 0.15) is 28.7 Å². The Morgan fingerprint density at radius 2 is 1.81 bits per heavy atom. The molecule has 5 N–H and O–H groups in total. The van der Waals surface area contributed by atoms with E-state index in [-0.39, 0.29) is 0 Å². The Kier molecular flexibility index (Phi) is 8.75. The normalized spacial score (nSPS) is 11.2. The molecule has 7 heteroatoms. The van der Waals surface area contributed by atoms with Crippen molar-refractivity contribution in [2.45, 2.75) is 25.8 Å². The molecular formula is C29H32N4O3. The number of aryl methyl sites for hydroxylation is 1. The maximum absolute atomic E-state index is 11.1. The van der Waals surface area contributed by atoms with Gasteiger partial charge in [-0.2, -0.15) is 0 Å². The summed E-state index contributed by atoms with van der Waals surface area (Å²) in [6.07, 6.45) is 7.71. The second-order valence-corrected chi connectivity index (χ2v) is 8.66. The molecule has 1 heterocycles. The zero-order valence-corrected chi connectivity index (χ0v) is 20.2. The smallest absolute Gasteiger partial charge is 0.267 e. The van der Waals surface area contributed by atoms with Crippen LogP contribution in [0.5, 0.6) is 5.75 Å². The molecule has 0 fully saturated rings. The van der Waals surface area contributed by atoms with Crippen molar-refractivity contribution in [1.29, 1.82) is 0 Å². The molecule has 36 heavy (non-hydrogen) atoms. The van der Waals surface area contributed by atoms with E-state index in [4.69, 9.17) is 15.8 Å². The molecule has 0 saturated heterocycles. The number of hydrogen-bond acceptors (Lipinski definition) is 5. The van der Waals surface area contributed by atoms with Crippen LogP contribution in [0.25, 0.3) is 17.0 Å². The zero-order chi connectivity index (χ0) is 25.2. The molecule has 4 aromatic rings. The monoisotopic (exact) mass is 484 g/mol. The molecule has 0 spiro atoms. The summed E-state index contributed by atoms with van der Waals surface area (Å²) in [6.45, 7) is 2.21. The number of benzene rings is 3. The Morgan fingerprint density at radius 1 is 1.00 bits per heavy atom. The fourth-order valence-corrected chi connectivity index (χ4v) is 4.12. The molecule has 3 aromatic carbocycles. The summed E-state index contributed by atoms with van der Waals surface area (Å²) >= 11 is 0. The number of carbonyl (C=O) groups is 1. The Balaban J connectivity index is 1.27. The minimum absolute atomic E-state index is 0.554. The van der Waals surface area contributed by atoms with Crippen molar-refractivity contribution in [3.05, 3.63) is 107 Å². The molecule has 0 aliphatic heterocycles. The van der Waals surface area contributed by atoms with Crippen LogP contribution in [0.15, 0.2) is 85.1 Å². The van der Waals surface area contributed by atoms with Gasteiger partial charge in [-0.15, -0.1) is 0 Å². The second-order valence-electron chi connectivity index (χ2n) is 8.66. The second kappa shape index (κ2) is 12.6. The van der Waals surface area contributed by atoms with Gasteiger partial charge in [0.15, 0.2) is 0 Å². The number of nitrogens with one attached hydrogen (secondary N) is 2. The minimum Gasteiger partial charge on any atom is -0.494 e. The van der Waals surface area contributed by atoms with Crippen molar-refractivity contribution in [2.75, 3.05) is 19.0 Å². The molecule has 0 bridgehead atoms. The number of nitrogen functional groups attached to an aromatic ring is 1. The van der Waals surface area contributed by atoms with Crippen molar-refractivity contribution in [2.24, 2.45) is 0 Å². The molecule has 0 saturated carbocycles. The van der Waals surface area contributed by atoms with Crippen LogP contribution in [0.4, 0.5) is 0 Å². The van der Waals surface area contributed by atoms with E-state index < -0.39 is 5.91 Å². The highest BCUT2D eigenvalue weighted by molar-refractivity contribution is 5.90. The first-order valence-corrected chi connectivity index (χ1v) is 12.1. The zero-order valence-electron chi connectivity index (χ0n) is 20.2. The van der Waals surface area contributed by atoms with Gasteiger partial charge in [0.05, 0.1) is 12.1 Å². The molecule has 0 aliphatic carbocycles. The number of hydrogen-bond donors (Lipinski definition) is 4. The molecule has 4 rings (SSSR count). The highest BCUT2D eigenvalue weighted by Gasteiger charge is 2.09. The number of hydroxylamine groups is 1. The molecular weight excluding hydrogens is 452 g/mol. The van der Waals surface area contributed by atoms with Gasteiger partial charge in [-0.3, -0.25) is 14.7 Å². The van der Waals surface area contributed by atoms with Gasteiger partial charge in [-0.25, -0.2) is 5.48 Å². The van der Waals surface area contributed by atoms with Crippen molar-refractivity contribution >= 4 is 22.9 Å². The lowest BCUT2D eigenvalue weighted by Gasteiger charge is -2.08. The van der Waals surface area contributed by atoms with Crippen LogP contribution < -0.4 is 21.4 Å². The van der Waals surface area contributed by atoms with E-state index in [2.05, 4.69) is 35.6 Å². The van der Waals surface area contributed by atoms with E-state index in [0.29, 0.717) is 6.61 Å². The van der Waals surface area contributed by atoms with E-state index in [1.54, 1.807) is 16.2 Å². The molecule has 1 aromatic heterocycles. The summed E-state index contributed by atoms with van der Waals surface area (Å²) in [5.41, 5.74) is 7.09. The highest BCUT2D eigenvalue weighted by atomic mass is 16.5. The third-order valence-corrected chi connectivity index (χ3v) is 6.03. The van der Waals surface area contributed by atoms with Crippen LogP contribution >= 0.6 is 0 Å². The van der Waals surface area contributed by atoms with E-state index >= 15 is 0 Å². The number of amides is 1. The average Bonchev–Trinajstić information content (AvgIpc) is 3.23. The standard InChI is InChI=1S/C29H32N4O3/c30-33-21-25(16-17-31-20-24-10-8-23(9-11-24)12-15-29(34)32-35)27-19-26(13-14-28(27)33)36-18-4-7-22-5-2-1-3-6-22/h1-3,5-6,8-15,19,21,31,35H,4,7,16-18,20,30H2,(H,32,34)/b15-12+. The van der Waals surface area contributed by atoms with E-state index in [1.807, 2.05) is 48.7 Å². The quantitative estimate of drug-likeness (QED) is 0.0793. The minimum atomic E-state index is -0.554. The van der Waals surface area contributed by atoms with Crippen LogP contribution in [0.2, 0.25) is 0 Å². The highest BCUT2D eigenvalue weighted by Crippen LogP contribution is 2.25. The first-order chi connectivity index (χ1) is 17.6. The van der Waals surface area contributed by atoms with Gasteiger partial charge in [0.1, 0.15) is 5.75 Å². The van der Waals surface area contributed by atoms with Gasteiger partial charge < -0.3 is 15.9 Å². The molecule has 7 nitrogen and oxygen atoms in total. The molecule has 1 amide bonds. The lowest BCUT2D eigenvalue weighted by molar-refractivity contribution is -0.124. The van der Waals surface area contributed by atoms with E-state index in [9.17, 15) is 4.79 Å². The van der Waals surface area contributed by atoms with Crippen molar-refractivity contribution in [1.82, 2.24) is 15.5 Å². The molecule has 0 radical (unpaired) electrons. The van der Waals surface area contributed by atoms with Crippen molar-refractivity contribution < 1.29 is 14.7 Å². The predicted molar refractivity (Wildman–Crippen MR) is 143 cm³/mol. The third-order valence-electron chi connectivity index (χ3n) is 6.03. The first-order valence-electron chi connectivity index (χ1n) is 12.1. The summed E-state index contributed by atoms with van der Waals surface area (Å²) in [6, 6.07) is 24.4. The number of aromatic nitrogens is 1. The predicted octanol–water partition coefficient (Wildman–Crippen LogP) is 4.22. The Bertz CT molecular complexity index is 1300. The van der Waals surface area contributed by atoms with Gasteiger partial charge in [0, 0.05) is 24.2 Å². The molecule has 0 unspecified atom stereocenters. The van der Waals surface area contributed by atoms with Gasteiger partial charge in [0.2, 0.25) is 0 Å². The largest absolute Gasteiger partial charge is 0.494 e. The van der Waals surface area contributed by atoms with Gasteiger partial charge in [-0.1, -0.05) is 54.6 Å². The number of rotatable bonds is 12. The lowest BCUT2D eigenvalue weighted by atomic mass is 10.1. The maximum Gasteiger partial charge on any atom is 0.267 e. The lowest BCUT2D eigenvalue weighted by Crippen LogP contribution is -2.16.